The first kappa shape index (κ1) is 15.5. The van der Waals surface area contributed by atoms with Crippen LogP contribution in [0.5, 0.6) is 5.75 Å². The summed E-state index contributed by atoms with van der Waals surface area (Å²) < 4.78 is 5.59. The lowest BCUT2D eigenvalue weighted by Gasteiger charge is -2.12. The van der Waals surface area contributed by atoms with E-state index in [4.69, 9.17) is 4.74 Å². The van der Waals surface area contributed by atoms with Gasteiger partial charge in [0.05, 0.1) is 6.61 Å². The molecule has 1 amide bonds. The lowest BCUT2D eigenvalue weighted by Crippen LogP contribution is -2.24. The molecule has 2 N–H and O–H groups in total. The zero-order valence-corrected chi connectivity index (χ0v) is 12.1. The fourth-order valence-electron chi connectivity index (χ4n) is 1.81. The molecular weight excluding hydrogens is 240 g/mol. The van der Waals surface area contributed by atoms with Crippen LogP contribution in [0.25, 0.3) is 0 Å². The lowest BCUT2D eigenvalue weighted by atomic mass is 10.1. The van der Waals surface area contributed by atoms with Crippen LogP contribution in [-0.2, 0) is 11.3 Å². The van der Waals surface area contributed by atoms with Gasteiger partial charge in [-0.1, -0.05) is 12.1 Å². The average molecular weight is 264 g/mol. The van der Waals surface area contributed by atoms with Gasteiger partial charge >= 0.3 is 0 Å². The number of aryl methyl sites for hydroxylation is 1. The topological polar surface area (TPSA) is 50.4 Å². The van der Waals surface area contributed by atoms with E-state index in [0.29, 0.717) is 19.6 Å². The SMILES string of the molecule is CCOc1cc(C)ccc1CNC(=O)CCCNC. The minimum absolute atomic E-state index is 0.0817. The third kappa shape index (κ3) is 5.75. The van der Waals surface area contributed by atoms with Gasteiger partial charge in [-0.3, -0.25) is 4.79 Å². The summed E-state index contributed by atoms with van der Waals surface area (Å²) in [5, 5.41) is 5.96. The lowest BCUT2D eigenvalue weighted by molar-refractivity contribution is -0.121. The van der Waals surface area contributed by atoms with E-state index in [9.17, 15) is 4.79 Å². The highest BCUT2D eigenvalue weighted by Crippen LogP contribution is 2.20. The average Bonchev–Trinajstić information content (AvgIpc) is 2.38. The van der Waals surface area contributed by atoms with Crippen molar-refractivity contribution in [2.45, 2.75) is 33.2 Å². The Morgan fingerprint density at radius 3 is 2.84 bits per heavy atom. The molecule has 0 saturated carbocycles. The van der Waals surface area contributed by atoms with E-state index in [2.05, 4.69) is 10.6 Å². The Hall–Kier alpha value is -1.55. The summed E-state index contributed by atoms with van der Waals surface area (Å²) in [6.07, 6.45) is 1.41. The summed E-state index contributed by atoms with van der Waals surface area (Å²) in [7, 11) is 1.89. The summed E-state index contributed by atoms with van der Waals surface area (Å²) >= 11 is 0. The van der Waals surface area contributed by atoms with Gasteiger partial charge in [-0.2, -0.15) is 0 Å². The van der Waals surface area contributed by atoms with Crippen molar-refractivity contribution in [3.05, 3.63) is 29.3 Å². The zero-order valence-electron chi connectivity index (χ0n) is 12.1. The maximum atomic E-state index is 11.6. The second kappa shape index (κ2) is 8.53. The number of hydrogen-bond donors (Lipinski definition) is 2. The fourth-order valence-corrected chi connectivity index (χ4v) is 1.81. The molecule has 106 valence electrons. The van der Waals surface area contributed by atoms with Gasteiger partial charge in [0.15, 0.2) is 0 Å². The van der Waals surface area contributed by atoms with Crippen molar-refractivity contribution in [2.75, 3.05) is 20.2 Å². The Morgan fingerprint density at radius 2 is 2.16 bits per heavy atom. The minimum Gasteiger partial charge on any atom is -0.494 e. The predicted molar refractivity (Wildman–Crippen MR) is 77.4 cm³/mol. The van der Waals surface area contributed by atoms with E-state index in [1.165, 1.54) is 0 Å². The van der Waals surface area contributed by atoms with Crippen LogP contribution in [0.3, 0.4) is 0 Å². The summed E-state index contributed by atoms with van der Waals surface area (Å²) in [6.45, 7) is 6.01. The van der Waals surface area contributed by atoms with E-state index in [0.717, 1.165) is 29.8 Å². The van der Waals surface area contributed by atoms with E-state index < -0.39 is 0 Å². The van der Waals surface area contributed by atoms with Crippen molar-refractivity contribution in [3.8, 4) is 5.75 Å². The van der Waals surface area contributed by atoms with Crippen LogP contribution in [-0.4, -0.2) is 26.1 Å². The van der Waals surface area contributed by atoms with Crippen LogP contribution in [0.4, 0.5) is 0 Å². The molecule has 4 nitrogen and oxygen atoms in total. The van der Waals surface area contributed by atoms with Gasteiger partial charge in [-0.05, 0) is 45.5 Å². The first-order chi connectivity index (χ1) is 9.17. The predicted octanol–water partition coefficient (Wildman–Crippen LogP) is 2.01. The summed E-state index contributed by atoms with van der Waals surface area (Å²) in [5.74, 6) is 0.941. The van der Waals surface area contributed by atoms with Crippen molar-refractivity contribution < 1.29 is 9.53 Å². The first-order valence-corrected chi connectivity index (χ1v) is 6.81. The molecule has 0 aromatic heterocycles. The van der Waals surface area contributed by atoms with Gasteiger partial charge in [-0.25, -0.2) is 0 Å². The minimum atomic E-state index is 0.0817. The maximum absolute atomic E-state index is 11.6. The van der Waals surface area contributed by atoms with E-state index in [-0.39, 0.29) is 5.91 Å². The third-order valence-electron chi connectivity index (χ3n) is 2.83. The second-order valence-corrected chi connectivity index (χ2v) is 4.53. The van der Waals surface area contributed by atoms with Crippen LogP contribution in [0.15, 0.2) is 18.2 Å². The number of rotatable bonds is 8. The molecular formula is C15H24N2O2. The van der Waals surface area contributed by atoms with Gasteiger partial charge in [0.2, 0.25) is 5.91 Å². The normalized spacial score (nSPS) is 10.3. The Morgan fingerprint density at radius 1 is 1.37 bits per heavy atom. The molecule has 1 rings (SSSR count). The number of carbonyl (C=O) groups is 1. The van der Waals surface area contributed by atoms with Gasteiger partial charge in [-0.15, -0.1) is 0 Å². The number of hydrogen-bond acceptors (Lipinski definition) is 3. The molecule has 0 atom stereocenters. The van der Waals surface area contributed by atoms with Crippen LogP contribution in [0.2, 0.25) is 0 Å². The van der Waals surface area contributed by atoms with Crippen molar-refractivity contribution in [1.82, 2.24) is 10.6 Å². The van der Waals surface area contributed by atoms with E-state index in [1.807, 2.05) is 39.1 Å². The smallest absolute Gasteiger partial charge is 0.220 e. The molecule has 0 aliphatic carbocycles. The van der Waals surface area contributed by atoms with Gasteiger partial charge in [0.25, 0.3) is 0 Å². The van der Waals surface area contributed by atoms with Crippen molar-refractivity contribution in [3.63, 3.8) is 0 Å². The molecule has 1 aromatic rings. The largest absolute Gasteiger partial charge is 0.494 e. The standard InChI is InChI=1S/C15H24N2O2/c1-4-19-14-10-12(2)7-8-13(14)11-17-15(18)6-5-9-16-3/h7-8,10,16H,4-6,9,11H2,1-3H3,(H,17,18). The van der Waals surface area contributed by atoms with E-state index >= 15 is 0 Å². The van der Waals surface area contributed by atoms with Gasteiger partial charge in [0, 0.05) is 18.5 Å². The van der Waals surface area contributed by atoms with Crippen molar-refractivity contribution >= 4 is 5.91 Å². The second-order valence-electron chi connectivity index (χ2n) is 4.53. The molecule has 0 saturated heterocycles. The van der Waals surface area contributed by atoms with Crippen LogP contribution >= 0.6 is 0 Å². The first-order valence-electron chi connectivity index (χ1n) is 6.81. The molecule has 0 aliphatic heterocycles. The highest BCUT2D eigenvalue weighted by Gasteiger charge is 2.06. The summed E-state index contributed by atoms with van der Waals surface area (Å²) in [6, 6.07) is 6.05. The molecule has 19 heavy (non-hydrogen) atoms. The zero-order chi connectivity index (χ0) is 14.1. The molecule has 0 bridgehead atoms. The fraction of sp³-hybridized carbons (Fsp3) is 0.533. The highest BCUT2D eigenvalue weighted by atomic mass is 16.5. The number of benzene rings is 1. The third-order valence-corrected chi connectivity index (χ3v) is 2.83. The summed E-state index contributed by atoms with van der Waals surface area (Å²) in [5.41, 5.74) is 2.18. The molecule has 0 unspecified atom stereocenters. The van der Waals surface area contributed by atoms with Crippen LogP contribution < -0.4 is 15.4 Å². The Balaban J connectivity index is 2.50. The number of ether oxygens (including phenoxy) is 1. The quantitative estimate of drug-likeness (QED) is 0.706. The summed E-state index contributed by atoms with van der Waals surface area (Å²) in [4.78, 5) is 11.6. The van der Waals surface area contributed by atoms with Gasteiger partial charge in [0.1, 0.15) is 5.75 Å². The van der Waals surface area contributed by atoms with Gasteiger partial charge < -0.3 is 15.4 Å². The molecule has 0 fully saturated rings. The number of carbonyl (C=O) groups excluding carboxylic acids is 1. The molecule has 0 heterocycles. The molecule has 0 radical (unpaired) electrons. The van der Waals surface area contributed by atoms with Crippen molar-refractivity contribution in [1.29, 1.82) is 0 Å². The Bertz CT molecular complexity index is 405. The highest BCUT2D eigenvalue weighted by molar-refractivity contribution is 5.75. The molecule has 1 aromatic carbocycles. The number of nitrogens with one attached hydrogen (secondary N) is 2. The molecule has 0 aliphatic rings. The maximum Gasteiger partial charge on any atom is 0.220 e. The Labute approximate surface area is 115 Å². The van der Waals surface area contributed by atoms with Crippen LogP contribution in [0, 0.1) is 6.92 Å². The number of amides is 1. The van der Waals surface area contributed by atoms with Crippen molar-refractivity contribution in [2.24, 2.45) is 0 Å². The molecule has 4 heteroatoms. The van der Waals surface area contributed by atoms with Crippen LogP contribution in [0.1, 0.15) is 30.9 Å². The monoisotopic (exact) mass is 264 g/mol. The Kier molecular flexibility index (Phi) is 6.97. The van der Waals surface area contributed by atoms with E-state index in [1.54, 1.807) is 0 Å². The molecule has 0 spiro atoms.